The van der Waals surface area contributed by atoms with E-state index in [1.54, 1.807) is 25.1 Å². The molecule has 1 aliphatic rings. The minimum absolute atomic E-state index is 0.283. The highest BCUT2D eigenvalue weighted by molar-refractivity contribution is 7.89. The number of ether oxygens (including phenoxy) is 1. The maximum Gasteiger partial charge on any atom is 0.417 e. The first-order chi connectivity index (χ1) is 16.1. The SMILES string of the molecule is CCOC(=O)c1ccc2nc(N3CCC(NS(=O)(=O)c4ccccc4C(F)(F)F)CC3)sc2c1. The number of esters is 1. The smallest absolute Gasteiger partial charge is 0.417 e. The zero-order valence-corrected chi connectivity index (χ0v) is 19.8. The predicted octanol–water partition coefficient (Wildman–Crippen LogP) is 4.44. The van der Waals surface area contributed by atoms with Crippen LogP contribution in [0.15, 0.2) is 47.4 Å². The van der Waals surface area contributed by atoms with Crippen LogP contribution in [0.1, 0.15) is 35.7 Å². The molecular weight excluding hydrogens is 491 g/mol. The largest absolute Gasteiger partial charge is 0.462 e. The van der Waals surface area contributed by atoms with Crippen LogP contribution in [0.25, 0.3) is 10.2 Å². The van der Waals surface area contributed by atoms with E-state index in [4.69, 9.17) is 4.74 Å². The highest BCUT2D eigenvalue weighted by Gasteiger charge is 2.37. The van der Waals surface area contributed by atoms with E-state index in [9.17, 15) is 26.4 Å². The van der Waals surface area contributed by atoms with Crippen LogP contribution in [0.5, 0.6) is 0 Å². The van der Waals surface area contributed by atoms with Gasteiger partial charge in [-0.3, -0.25) is 0 Å². The fourth-order valence-electron chi connectivity index (χ4n) is 3.80. The summed E-state index contributed by atoms with van der Waals surface area (Å²) in [7, 11) is -4.34. The molecule has 0 saturated carbocycles. The number of fused-ring (bicyclic) bond motifs is 1. The zero-order valence-electron chi connectivity index (χ0n) is 18.1. The molecule has 34 heavy (non-hydrogen) atoms. The van der Waals surface area contributed by atoms with E-state index >= 15 is 0 Å². The van der Waals surface area contributed by atoms with Gasteiger partial charge in [0.25, 0.3) is 0 Å². The van der Waals surface area contributed by atoms with E-state index in [0.29, 0.717) is 31.5 Å². The molecule has 0 atom stereocenters. The van der Waals surface area contributed by atoms with Crippen molar-refractivity contribution in [1.82, 2.24) is 9.71 Å². The van der Waals surface area contributed by atoms with Crippen molar-refractivity contribution in [2.75, 3.05) is 24.6 Å². The Morgan fingerprint density at radius 2 is 1.91 bits per heavy atom. The quantitative estimate of drug-likeness (QED) is 0.491. The van der Waals surface area contributed by atoms with Gasteiger partial charge >= 0.3 is 12.1 Å². The van der Waals surface area contributed by atoms with Gasteiger partial charge in [-0.25, -0.2) is 22.9 Å². The number of carbonyl (C=O) groups is 1. The van der Waals surface area contributed by atoms with Crippen molar-refractivity contribution < 1.29 is 31.1 Å². The number of halogens is 3. The Morgan fingerprint density at radius 1 is 1.21 bits per heavy atom. The van der Waals surface area contributed by atoms with E-state index in [0.717, 1.165) is 33.5 Å². The lowest BCUT2D eigenvalue weighted by Crippen LogP contribution is -2.44. The van der Waals surface area contributed by atoms with Crippen LogP contribution in [-0.2, 0) is 20.9 Å². The van der Waals surface area contributed by atoms with Gasteiger partial charge in [0.15, 0.2) is 5.13 Å². The van der Waals surface area contributed by atoms with Gasteiger partial charge < -0.3 is 9.64 Å². The lowest BCUT2D eigenvalue weighted by molar-refractivity contribution is -0.139. The fraction of sp³-hybridized carbons (Fsp3) is 0.364. The molecule has 0 aliphatic carbocycles. The molecule has 0 radical (unpaired) electrons. The second kappa shape index (κ2) is 9.51. The van der Waals surface area contributed by atoms with Gasteiger partial charge in [0, 0.05) is 19.1 Å². The van der Waals surface area contributed by atoms with Gasteiger partial charge in [-0.1, -0.05) is 23.5 Å². The Morgan fingerprint density at radius 3 is 2.59 bits per heavy atom. The standard InChI is InChI=1S/C22H22F3N3O4S2/c1-2-32-20(29)14-7-8-17-18(13-14)33-21(26-17)28-11-9-15(10-12-28)27-34(30,31)19-6-4-3-5-16(19)22(23,24)25/h3-8,13,15,27H,2,9-12H2,1H3. The number of piperidine rings is 1. The average molecular weight is 514 g/mol. The van der Waals surface area contributed by atoms with Crippen LogP contribution in [0.4, 0.5) is 18.3 Å². The number of aromatic nitrogens is 1. The summed E-state index contributed by atoms with van der Waals surface area (Å²) in [6.07, 6.45) is -3.94. The van der Waals surface area contributed by atoms with Gasteiger partial charge in [0.1, 0.15) is 0 Å². The number of hydrogen-bond acceptors (Lipinski definition) is 7. The summed E-state index contributed by atoms with van der Waals surface area (Å²) in [6.45, 7) is 2.99. The first-order valence-corrected chi connectivity index (χ1v) is 12.9. The van der Waals surface area contributed by atoms with E-state index in [1.165, 1.54) is 17.4 Å². The first kappa shape index (κ1) is 24.4. The number of benzene rings is 2. The molecule has 0 bridgehead atoms. The average Bonchev–Trinajstić information content (AvgIpc) is 3.22. The van der Waals surface area contributed by atoms with Crippen molar-refractivity contribution in [2.45, 2.75) is 36.9 Å². The summed E-state index contributed by atoms with van der Waals surface area (Å²) in [5, 5.41) is 0.736. The molecule has 1 N–H and O–H groups in total. The third-order valence-corrected chi connectivity index (χ3v) is 8.12. The first-order valence-electron chi connectivity index (χ1n) is 10.6. The lowest BCUT2D eigenvalue weighted by Gasteiger charge is -2.32. The maximum absolute atomic E-state index is 13.3. The lowest BCUT2D eigenvalue weighted by atomic mass is 10.1. The highest BCUT2D eigenvalue weighted by Crippen LogP contribution is 2.35. The number of rotatable bonds is 6. The topological polar surface area (TPSA) is 88.6 Å². The zero-order chi connectivity index (χ0) is 24.5. The van der Waals surface area contributed by atoms with E-state index in [-0.39, 0.29) is 6.61 Å². The molecule has 182 valence electrons. The second-order valence-corrected chi connectivity index (χ2v) is 10.5. The summed E-state index contributed by atoms with van der Waals surface area (Å²) >= 11 is 1.41. The molecule has 1 saturated heterocycles. The van der Waals surface area contributed by atoms with Crippen molar-refractivity contribution in [3.8, 4) is 0 Å². The summed E-state index contributed by atoms with van der Waals surface area (Å²) < 4.78 is 73.5. The summed E-state index contributed by atoms with van der Waals surface area (Å²) in [5.74, 6) is -0.403. The number of nitrogens with one attached hydrogen (secondary N) is 1. The van der Waals surface area contributed by atoms with Gasteiger partial charge in [-0.05, 0) is 50.1 Å². The van der Waals surface area contributed by atoms with Crippen LogP contribution in [0.3, 0.4) is 0 Å². The molecular formula is C22H22F3N3O4S2. The van der Waals surface area contributed by atoms with Gasteiger partial charge in [-0.2, -0.15) is 13.2 Å². The molecule has 2 heterocycles. The number of sulfonamides is 1. The minimum atomic E-state index is -4.77. The van der Waals surface area contributed by atoms with Crippen molar-refractivity contribution in [2.24, 2.45) is 0 Å². The van der Waals surface area contributed by atoms with Gasteiger partial charge in [-0.15, -0.1) is 0 Å². The van der Waals surface area contributed by atoms with Crippen LogP contribution in [0.2, 0.25) is 0 Å². The van der Waals surface area contributed by atoms with Crippen molar-refractivity contribution in [1.29, 1.82) is 0 Å². The van der Waals surface area contributed by atoms with E-state index in [1.807, 2.05) is 4.90 Å². The molecule has 12 heteroatoms. The van der Waals surface area contributed by atoms with Gasteiger partial charge in [0.05, 0.1) is 32.8 Å². The van der Waals surface area contributed by atoms with Crippen LogP contribution < -0.4 is 9.62 Å². The monoisotopic (exact) mass is 513 g/mol. The second-order valence-electron chi connectivity index (χ2n) is 7.78. The van der Waals surface area contributed by atoms with Crippen LogP contribution >= 0.6 is 11.3 Å². The number of alkyl halides is 3. The third-order valence-electron chi connectivity index (χ3n) is 5.46. The number of hydrogen-bond donors (Lipinski definition) is 1. The Bertz CT molecular complexity index is 1300. The maximum atomic E-state index is 13.3. The van der Waals surface area contributed by atoms with E-state index < -0.39 is 38.7 Å². The molecule has 0 unspecified atom stereocenters. The molecule has 2 aromatic carbocycles. The van der Waals surface area contributed by atoms with Crippen LogP contribution in [-0.4, -0.2) is 45.1 Å². The van der Waals surface area contributed by atoms with Crippen molar-refractivity contribution in [3.05, 3.63) is 53.6 Å². The Labute approximate surface area is 198 Å². The summed E-state index contributed by atoms with van der Waals surface area (Å²) in [5.41, 5.74) is -0.00645. The third kappa shape index (κ3) is 5.18. The Hall–Kier alpha value is -2.70. The summed E-state index contributed by atoms with van der Waals surface area (Å²) in [6, 6.07) is 8.80. The Kier molecular flexibility index (Phi) is 6.83. The number of nitrogens with zero attached hydrogens (tertiary/aromatic N) is 2. The predicted molar refractivity (Wildman–Crippen MR) is 123 cm³/mol. The Balaban J connectivity index is 1.44. The minimum Gasteiger partial charge on any atom is -0.462 e. The molecule has 4 rings (SSSR count). The van der Waals surface area contributed by atoms with Crippen molar-refractivity contribution in [3.63, 3.8) is 0 Å². The summed E-state index contributed by atoms with van der Waals surface area (Å²) in [4.78, 5) is 17.8. The van der Waals surface area contributed by atoms with Crippen molar-refractivity contribution >= 4 is 42.7 Å². The molecule has 1 aliphatic heterocycles. The van der Waals surface area contributed by atoms with E-state index in [2.05, 4.69) is 9.71 Å². The number of anilines is 1. The molecule has 7 nitrogen and oxygen atoms in total. The molecule has 3 aromatic rings. The van der Waals surface area contributed by atoms with Gasteiger partial charge in [0.2, 0.25) is 10.0 Å². The fourth-order valence-corrected chi connectivity index (χ4v) is 6.38. The molecule has 0 spiro atoms. The number of thiazole rings is 1. The molecule has 1 fully saturated rings. The molecule has 0 amide bonds. The molecule has 1 aromatic heterocycles. The normalized spacial score (nSPS) is 15.6. The van der Waals surface area contributed by atoms with Crippen LogP contribution in [0, 0.1) is 0 Å². The highest BCUT2D eigenvalue weighted by atomic mass is 32.2. The number of carbonyl (C=O) groups excluding carboxylic acids is 1.